The Balaban J connectivity index is 1.67. The van der Waals surface area contributed by atoms with Crippen LogP contribution in [0.15, 0.2) is 42.5 Å². The first-order valence-electron chi connectivity index (χ1n) is 9.87. The van der Waals surface area contributed by atoms with Crippen LogP contribution < -0.4 is 10.6 Å². The number of nitro benzene ring substituents is 1. The van der Waals surface area contributed by atoms with E-state index < -0.39 is 4.92 Å². The molecule has 0 radical (unpaired) electrons. The molecule has 2 N–H and O–H groups in total. The zero-order chi connectivity index (χ0) is 22.4. The number of nitrogens with zero attached hydrogens (tertiary/aromatic N) is 3. The zero-order valence-electron chi connectivity index (χ0n) is 17.1. The summed E-state index contributed by atoms with van der Waals surface area (Å²) in [6, 6.07) is 11.7. The van der Waals surface area contributed by atoms with Crippen LogP contribution >= 0.6 is 11.6 Å². The molecular formula is C21H24ClN5O4. The van der Waals surface area contributed by atoms with E-state index in [-0.39, 0.29) is 29.6 Å². The first-order chi connectivity index (χ1) is 14.9. The number of carbonyl (C=O) groups excluding carboxylic acids is 2. The number of hydrogen-bond donors (Lipinski definition) is 2. The molecule has 2 aromatic carbocycles. The fourth-order valence-electron chi connectivity index (χ4n) is 3.37. The highest BCUT2D eigenvalue weighted by atomic mass is 35.5. The minimum Gasteiger partial charge on any atom is -0.375 e. The van der Waals surface area contributed by atoms with Gasteiger partial charge in [-0.1, -0.05) is 29.8 Å². The third kappa shape index (κ3) is 5.71. The lowest BCUT2D eigenvalue weighted by Gasteiger charge is -2.34. The van der Waals surface area contributed by atoms with Gasteiger partial charge in [0.1, 0.15) is 5.69 Å². The van der Waals surface area contributed by atoms with Gasteiger partial charge < -0.3 is 15.5 Å². The summed E-state index contributed by atoms with van der Waals surface area (Å²) in [4.78, 5) is 39.1. The Hall–Kier alpha value is -3.17. The minimum absolute atomic E-state index is 0.0738. The number of rotatable bonds is 7. The summed E-state index contributed by atoms with van der Waals surface area (Å²) < 4.78 is 0. The molecule has 2 amide bonds. The van der Waals surface area contributed by atoms with Gasteiger partial charge in [0, 0.05) is 56.4 Å². The summed E-state index contributed by atoms with van der Waals surface area (Å²) in [7, 11) is 1.59. The molecule has 10 heteroatoms. The Labute approximate surface area is 185 Å². The van der Waals surface area contributed by atoms with E-state index in [9.17, 15) is 19.7 Å². The first-order valence-corrected chi connectivity index (χ1v) is 10.2. The van der Waals surface area contributed by atoms with E-state index in [1.165, 1.54) is 6.07 Å². The quantitative estimate of drug-likeness (QED) is 0.500. The average molecular weight is 446 g/mol. The highest BCUT2D eigenvalue weighted by molar-refractivity contribution is 6.31. The fourth-order valence-corrected chi connectivity index (χ4v) is 3.57. The first kappa shape index (κ1) is 22.5. The summed E-state index contributed by atoms with van der Waals surface area (Å²) in [5.74, 6) is -0.337. The zero-order valence-corrected chi connectivity index (χ0v) is 17.9. The molecule has 0 aromatic heterocycles. The van der Waals surface area contributed by atoms with Crippen LogP contribution in [0.25, 0.3) is 0 Å². The van der Waals surface area contributed by atoms with E-state index in [1.54, 1.807) is 30.1 Å². The van der Waals surface area contributed by atoms with E-state index in [0.29, 0.717) is 43.4 Å². The number of hydrogen-bond acceptors (Lipinski definition) is 6. The van der Waals surface area contributed by atoms with Gasteiger partial charge in [0.2, 0.25) is 5.91 Å². The molecule has 1 aliphatic rings. The van der Waals surface area contributed by atoms with Crippen molar-refractivity contribution in [2.24, 2.45) is 0 Å². The molecule has 1 saturated heterocycles. The highest BCUT2D eigenvalue weighted by Crippen LogP contribution is 2.28. The highest BCUT2D eigenvalue weighted by Gasteiger charge is 2.25. The molecule has 0 bridgehead atoms. The minimum atomic E-state index is -0.507. The number of carbonyl (C=O) groups is 2. The van der Waals surface area contributed by atoms with Gasteiger partial charge in [0.25, 0.3) is 11.6 Å². The molecule has 1 heterocycles. The predicted octanol–water partition coefficient (Wildman–Crippen LogP) is 2.36. The van der Waals surface area contributed by atoms with Crippen molar-refractivity contribution in [2.45, 2.75) is 6.54 Å². The number of likely N-dealkylation sites (N-methyl/N-ethyl adjacent to an activating group) is 1. The van der Waals surface area contributed by atoms with Gasteiger partial charge in [-0.05, 0) is 23.8 Å². The van der Waals surface area contributed by atoms with Crippen LogP contribution in [0.1, 0.15) is 15.9 Å². The topological polar surface area (TPSA) is 108 Å². The van der Waals surface area contributed by atoms with Crippen molar-refractivity contribution < 1.29 is 14.5 Å². The summed E-state index contributed by atoms with van der Waals surface area (Å²) in [5, 5.41) is 17.8. The van der Waals surface area contributed by atoms with E-state index >= 15 is 0 Å². The monoisotopic (exact) mass is 445 g/mol. The standard InChI is InChI=1S/C21H24ClN5O4/c1-23-20(28)14-25-8-10-26(11-9-25)21(29)15-6-7-18(19(12-15)27(30)31)24-13-16-4-2-3-5-17(16)22/h2-7,12,24H,8-11,13-14H2,1H3,(H,23,28). The normalized spacial score (nSPS) is 14.2. The lowest BCUT2D eigenvalue weighted by atomic mass is 10.1. The molecule has 0 saturated carbocycles. The van der Waals surface area contributed by atoms with Gasteiger partial charge in [-0.25, -0.2) is 0 Å². The van der Waals surface area contributed by atoms with Crippen molar-refractivity contribution in [3.8, 4) is 0 Å². The van der Waals surface area contributed by atoms with Crippen molar-refractivity contribution >= 4 is 34.8 Å². The molecule has 0 atom stereocenters. The van der Waals surface area contributed by atoms with Gasteiger partial charge in [-0.15, -0.1) is 0 Å². The molecule has 9 nitrogen and oxygen atoms in total. The number of anilines is 1. The van der Waals surface area contributed by atoms with Gasteiger partial charge >= 0.3 is 0 Å². The average Bonchev–Trinajstić information content (AvgIpc) is 2.78. The summed E-state index contributed by atoms with van der Waals surface area (Å²) in [6.45, 7) is 2.65. The van der Waals surface area contributed by atoms with Crippen molar-refractivity contribution in [1.29, 1.82) is 0 Å². The molecule has 0 unspecified atom stereocenters. The summed E-state index contributed by atoms with van der Waals surface area (Å²) in [6.07, 6.45) is 0. The van der Waals surface area contributed by atoms with Crippen molar-refractivity contribution in [2.75, 3.05) is 45.1 Å². The van der Waals surface area contributed by atoms with E-state index in [1.807, 2.05) is 23.1 Å². The lowest BCUT2D eigenvalue weighted by molar-refractivity contribution is -0.384. The SMILES string of the molecule is CNC(=O)CN1CCN(C(=O)c2ccc(NCc3ccccc3Cl)c([N+](=O)[O-])c2)CC1. The molecule has 31 heavy (non-hydrogen) atoms. The molecule has 1 fully saturated rings. The number of benzene rings is 2. The van der Waals surface area contributed by atoms with Crippen LogP contribution in [0, 0.1) is 10.1 Å². The van der Waals surface area contributed by atoms with E-state index in [2.05, 4.69) is 10.6 Å². The molecule has 164 valence electrons. The fraction of sp³-hybridized carbons (Fsp3) is 0.333. The molecule has 3 rings (SSSR count). The van der Waals surface area contributed by atoms with Crippen LogP contribution in [0.2, 0.25) is 5.02 Å². The maximum Gasteiger partial charge on any atom is 0.293 e. The Morgan fingerprint density at radius 3 is 2.48 bits per heavy atom. The van der Waals surface area contributed by atoms with Gasteiger partial charge in [0.05, 0.1) is 11.5 Å². The van der Waals surface area contributed by atoms with Crippen molar-refractivity contribution in [3.63, 3.8) is 0 Å². The van der Waals surface area contributed by atoms with Gasteiger partial charge in [-0.2, -0.15) is 0 Å². The maximum absolute atomic E-state index is 12.9. The van der Waals surface area contributed by atoms with E-state index in [4.69, 9.17) is 11.6 Å². The predicted molar refractivity (Wildman–Crippen MR) is 118 cm³/mol. The van der Waals surface area contributed by atoms with Crippen LogP contribution in [0.3, 0.4) is 0 Å². The number of amides is 2. The number of nitrogens with one attached hydrogen (secondary N) is 2. The number of piperazine rings is 1. The lowest BCUT2D eigenvalue weighted by Crippen LogP contribution is -2.50. The molecule has 0 aliphatic carbocycles. The molecular weight excluding hydrogens is 422 g/mol. The Morgan fingerprint density at radius 1 is 1.13 bits per heavy atom. The van der Waals surface area contributed by atoms with Crippen LogP contribution in [-0.4, -0.2) is 66.3 Å². The summed E-state index contributed by atoms with van der Waals surface area (Å²) in [5.41, 5.74) is 1.22. The second kappa shape index (κ2) is 10.2. The third-order valence-electron chi connectivity index (χ3n) is 5.17. The van der Waals surface area contributed by atoms with Gasteiger partial charge in [-0.3, -0.25) is 24.6 Å². The Morgan fingerprint density at radius 2 is 1.84 bits per heavy atom. The largest absolute Gasteiger partial charge is 0.375 e. The number of halogens is 1. The second-order valence-corrected chi connectivity index (χ2v) is 7.58. The van der Waals surface area contributed by atoms with Crippen LogP contribution in [0.5, 0.6) is 0 Å². The number of nitro groups is 1. The third-order valence-corrected chi connectivity index (χ3v) is 5.54. The Kier molecular flexibility index (Phi) is 7.43. The van der Waals surface area contributed by atoms with Crippen molar-refractivity contribution in [3.05, 3.63) is 68.7 Å². The smallest absolute Gasteiger partial charge is 0.293 e. The molecule has 0 spiro atoms. The van der Waals surface area contributed by atoms with Crippen LogP contribution in [-0.2, 0) is 11.3 Å². The maximum atomic E-state index is 12.9. The second-order valence-electron chi connectivity index (χ2n) is 7.18. The van der Waals surface area contributed by atoms with Crippen molar-refractivity contribution in [1.82, 2.24) is 15.1 Å². The molecule has 2 aromatic rings. The van der Waals surface area contributed by atoms with Gasteiger partial charge in [0.15, 0.2) is 0 Å². The summed E-state index contributed by atoms with van der Waals surface area (Å²) >= 11 is 6.14. The van der Waals surface area contributed by atoms with E-state index in [0.717, 1.165) is 5.56 Å². The Bertz CT molecular complexity index is 976. The van der Waals surface area contributed by atoms with Crippen LogP contribution in [0.4, 0.5) is 11.4 Å². The molecule has 1 aliphatic heterocycles.